The summed E-state index contributed by atoms with van der Waals surface area (Å²) in [6.45, 7) is 0.0652. The highest BCUT2D eigenvalue weighted by Gasteiger charge is 2.33. The van der Waals surface area contributed by atoms with Crippen molar-refractivity contribution in [3.8, 4) is 0 Å². The van der Waals surface area contributed by atoms with E-state index in [0.29, 0.717) is 10.9 Å². The first-order chi connectivity index (χ1) is 13.7. The Morgan fingerprint density at radius 1 is 1.04 bits per heavy atom. The van der Waals surface area contributed by atoms with Crippen LogP contribution in [0.2, 0.25) is 5.02 Å². The highest BCUT2D eigenvalue weighted by molar-refractivity contribution is 6.30. The molecule has 0 aromatic heterocycles. The van der Waals surface area contributed by atoms with Gasteiger partial charge in [-0.3, -0.25) is 10.2 Å². The van der Waals surface area contributed by atoms with E-state index in [2.05, 4.69) is 5.43 Å². The molecule has 5 nitrogen and oxygen atoms in total. The van der Waals surface area contributed by atoms with E-state index in [1.54, 1.807) is 0 Å². The summed E-state index contributed by atoms with van der Waals surface area (Å²) in [4.78, 5) is 19.1. The number of nitrogens with two attached hydrogens (primary N) is 1. The van der Waals surface area contributed by atoms with E-state index < -0.39 is 0 Å². The fraction of sp³-hybridized carbons (Fsp3) is 0.0909. The number of carbonyl (C=O) groups is 1. The Labute approximate surface area is 168 Å². The quantitative estimate of drug-likeness (QED) is 0.404. The molecule has 0 bridgehead atoms. The van der Waals surface area contributed by atoms with Crippen LogP contribution in [0.15, 0.2) is 83.9 Å². The van der Waals surface area contributed by atoms with Crippen LogP contribution in [0.1, 0.15) is 22.7 Å². The number of hydrogen-bond acceptors (Lipinski definition) is 4. The fourth-order valence-electron chi connectivity index (χ4n) is 3.49. The number of hydrogen-bond donors (Lipinski definition) is 2. The number of amides is 1. The van der Waals surface area contributed by atoms with E-state index in [0.717, 1.165) is 22.4 Å². The number of hydrazine groups is 1. The van der Waals surface area contributed by atoms with Crippen LogP contribution in [0.4, 0.5) is 5.69 Å². The van der Waals surface area contributed by atoms with Gasteiger partial charge < -0.3 is 4.90 Å². The molecule has 0 spiro atoms. The summed E-state index contributed by atoms with van der Waals surface area (Å²) in [5.41, 5.74) is 5.98. The maximum Gasteiger partial charge on any atom is 0.253 e. The number of nitrogens with one attached hydrogen (secondary N) is 1. The van der Waals surface area contributed by atoms with Gasteiger partial charge in [0.2, 0.25) is 0 Å². The van der Waals surface area contributed by atoms with Gasteiger partial charge in [-0.2, -0.15) is 0 Å². The zero-order valence-electron chi connectivity index (χ0n) is 15.0. The minimum Gasteiger partial charge on any atom is -0.336 e. The number of amidine groups is 1. The van der Waals surface area contributed by atoms with Gasteiger partial charge in [-0.25, -0.2) is 10.8 Å². The highest BCUT2D eigenvalue weighted by atomic mass is 35.5. The molecule has 4 rings (SSSR count). The Kier molecular flexibility index (Phi) is 5.10. The zero-order chi connectivity index (χ0) is 19.5. The minimum atomic E-state index is -0.296. The van der Waals surface area contributed by atoms with E-state index in [1.165, 1.54) is 0 Å². The Bertz CT molecular complexity index is 1020. The van der Waals surface area contributed by atoms with Crippen molar-refractivity contribution in [2.24, 2.45) is 10.8 Å². The van der Waals surface area contributed by atoms with Gasteiger partial charge in [0.15, 0.2) is 0 Å². The molecule has 3 N–H and O–H groups in total. The van der Waals surface area contributed by atoms with Gasteiger partial charge in [0.1, 0.15) is 12.4 Å². The van der Waals surface area contributed by atoms with Crippen LogP contribution in [0.5, 0.6) is 0 Å². The van der Waals surface area contributed by atoms with Crippen molar-refractivity contribution in [2.45, 2.75) is 6.04 Å². The van der Waals surface area contributed by atoms with E-state index in [9.17, 15) is 4.79 Å². The molecular weight excluding hydrogens is 372 g/mol. The molecule has 0 radical (unpaired) electrons. The number of halogens is 1. The van der Waals surface area contributed by atoms with Gasteiger partial charge in [-0.05, 0) is 23.8 Å². The Morgan fingerprint density at radius 2 is 1.71 bits per heavy atom. The third-order valence-corrected chi connectivity index (χ3v) is 4.95. The number of fused-ring (bicyclic) bond motifs is 1. The first-order valence-electron chi connectivity index (χ1n) is 8.92. The van der Waals surface area contributed by atoms with Crippen molar-refractivity contribution in [1.82, 2.24) is 10.3 Å². The van der Waals surface area contributed by atoms with Gasteiger partial charge in [0.25, 0.3) is 5.91 Å². The number of nitrogens with zero attached hydrogens (tertiary/aromatic N) is 2. The van der Waals surface area contributed by atoms with E-state index in [-0.39, 0.29) is 18.5 Å². The molecule has 3 aromatic rings. The predicted octanol–water partition coefficient (Wildman–Crippen LogP) is 3.81. The summed E-state index contributed by atoms with van der Waals surface area (Å²) in [6.07, 6.45) is 0. The molecule has 0 aliphatic carbocycles. The third-order valence-electron chi connectivity index (χ3n) is 4.72. The molecule has 1 amide bonds. The lowest BCUT2D eigenvalue weighted by Crippen LogP contribution is -2.46. The fourth-order valence-corrected chi connectivity index (χ4v) is 3.67. The minimum absolute atomic E-state index is 0.0652. The van der Waals surface area contributed by atoms with E-state index in [4.69, 9.17) is 22.4 Å². The van der Waals surface area contributed by atoms with E-state index in [1.807, 2.05) is 83.8 Å². The smallest absolute Gasteiger partial charge is 0.253 e. The molecule has 0 saturated carbocycles. The Balaban J connectivity index is 1.94. The molecule has 1 atom stereocenters. The van der Waals surface area contributed by atoms with Crippen LogP contribution in [-0.2, 0) is 4.79 Å². The molecule has 1 aliphatic heterocycles. The lowest BCUT2D eigenvalue weighted by Gasteiger charge is -2.38. The molecule has 0 fully saturated rings. The summed E-state index contributed by atoms with van der Waals surface area (Å²) in [6, 6.07) is 25.3. The van der Waals surface area contributed by atoms with Gasteiger partial charge in [0.05, 0.1) is 11.7 Å². The normalized spacial score (nSPS) is 15.6. The average Bonchev–Trinajstić information content (AvgIpc) is 2.74. The summed E-state index contributed by atoms with van der Waals surface area (Å²) in [5, 5.41) is 0.626. The second-order valence-electron chi connectivity index (χ2n) is 6.51. The molecule has 28 heavy (non-hydrogen) atoms. The molecule has 6 heteroatoms. The van der Waals surface area contributed by atoms with Crippen molar-refractivity contribution >= 4 is 29.0 Å². The zero-order valence-corrected chi connectivity index (χ0v) is 15.8. The topological polar surface area (TPSA) is 70.7 Å². The largest absolute Gasteiger partial charge is 0.336 e. The first kappa shape index (κ1) is 18.2. The monoisotopic (exact) mass is 390 g/mol. The van der Waals surface area contributed by atoms with Crippen molar-refractivity contribution < 1.29 is 4.79 Å². The molecular formula is C22H19ClN4O. The molecule has 3 aromatic carbocycles. The highest BCUT2D eigenvalue weighted by Crippen LogP contribution is 2.41. The van der Waals surface area contributed by atoms with Gasteiger partial charge in [0, 0.05) is 16.1 Å². The van der Waals surface area contributed by atoms with Crippen molar-refractivity contribution in [3.05, 3.63) is 101 Å². The van der Waals surface area contributed by atoms with Gasteiger partial charge >= 0.3 is 0 Å². The predicted molar refractivity (Wildman–Crippen MR) is 111 cm³/mol. The van der Waals surface area contributed by atoms with Crippen LogP contribution < -0.4 is 11.3 Å². The standard InChI is InChI=1S/C22H19ClN4O/c23-17-11-12-19-18(13-17)21(15-7-3-1-4-8-15)27(14-20(28)26-24)22(25-19)16-9-5-2-6-10-16/h1-13,21H,14,24H2,(H,26,28). The molecule has 1 aliphatic rings. The summed E-state index contributed by atoms with van der Waals surface area (Å²) in [7, 11) is 0. The summed E-state index contributed by atoms with van der Waals surface area (Å²) < 4.78 is 0. The SMILES string of the molecule is NNC(=O)CN1C(c2ccccc2)=Nc2ccc(Cl)cc2C1c1ccccc1. The molecule has 1 unspecified atom stereocenters. The van der Waals surface area contributed by atoms with E-state index >= 15 is 0 Å². The summed E-state index contributed by atoms with van der Waals surface area (Å²) in [5.74, 6) is 5.81. The second kappa shape index (κ2) is 7.84. The van der Waals surface area contributed by atoms with Gasteiger partial charge in [-0.1, -0.05) is 72.3 Å². The average molecular weight is 391 g/mol. The maximum absolute atomic E-state index is 12.3. The van der Waals surface area contributed by atoms with Crippen LogP contribution in [0.25, 0.3) is 0 Å². The van der Waals surface area contributed by atoms with Crippen LogP contribution in [0, 0.1) is 0 Å². The number of rotatable bonds is 4. The number of benzene rings is 3. The molecule has 140 valence electrons. The van der Waals surface area contributed by atoms with Crippen molar-refractivity contribution in [2.75, 3.05) is 6.54 Å². The lowest BCUT2D eigenvalue weighted by atomic mass is 9.93. The van der Waals surface area contributed by atoms with Crippen LogP contribution in [0.3, 0.4) is 0 Å². The maximum atomic E-state index is 12.3. The number of aliphatic imine (C=N–C) groups is 1. The molecule has 1 heterocycles. The first-order valence-corrected chi connectivity index (χ1v) is 9.30. The Morgan fingerprint density at radius 3 is 2.39 bits per heavy atom. The summed E-state index contributed by atoms with van der Waals surface area (Å²) >= 11 is 6.30. The molecule has 0 saturated heterocycles. The number of carbonyl (C=O) groups excluding carboxylic acids is 1. The van der Waals surface area contributed by atoms with Crippen LogP contribution in [-0.4, -0.2) is 23.2 Å². The third kappa shape index (κ3) is 3.50. The second-order valence-corrected chi connectivity index (χ2v) is 6.95. The van der Waals surface area contributed by atoms with Gasteiger partial charge in [-0.15, -0.1) is 0 Å². The lowest BCUT2D eigenvalue weighted by molar-refractivity contribution is -0.121. The van der Waals surface area contributed by atoms with Crippen molar-refractivity contribution in [3.63, 3.8) is 0 Å². The Hall–Kier alpha value is -3.15. The van der Waals surface area contributed by atoms with Crippen molar-refractivity contribution in [1.29, 1.82) is 0 Å². The van der Waals surface area contributed by atoms with Crippen LogP contribution >= 0.6 is 11.6 Å².